The summed E-state index contributed by atoms with van der Waals surface area (Å²) in [7, 11) is 0. The van der Waals surface area contributed by atoms with Crippen molar-refractivity contribution in [3.05, 3.63) is 60.2 Å². The summed E-state index contributed by atoms with van der Waals surface area (Å²) in [5, 5.41) is 20.8. The zero-order valence-corrected chi connectivity index (χ0v) is 25.2. The first-order valence-electron chi connectivity index (χ1n) is 14.8. The van der Waals surface area contributed by atoms with E-state index in [1.54, 1.807) is 4.90 Å². The van der Waals surface area contributed by atoms with Crippen molar-refractivity contribution in [1.29, 1.82) is 0 Å². The molecule has 13 nitrogen and oxygen atoms in total. The van der Waals surface area contributed by atoms with Gasteiger partial charge in [-0.2, -0.15) is 0 Å². The summed E-state index contributed by atoms with van der Waals surface area (Å²) in [6, 6.07) is 17.3. The van der Waals surface area contributed by atoms with Gasteiger partial charge in [0, 0.05) is 32.7 Å². The van der Waals surface area contributed by atoms with E-state index in [0.29, 0.717) is 39.2 Å². The number of hydrogen-bond donors (Lipinski definition) is 6. The van der Waals surface area contributed by atoms with Crippen LogP contribution in [0.4, 0.5) is 0 Å². The lowest BCUT2D eigenvalue weighted by Crippen LogP contribution is -2.45. The second kappa shape index (κ2) is 20.9. The van der Waals surface area contributed by atoms with Gasteiger partial charge in [-0.25, -0.2) is 5.48 Å². The summed E-state index contributed by atoms with van der Waals surface area (Å²) >= 11 is 0. The largest absolute Gasteiger partial charge is 0.480 e. The molecule has 0 aliphatic heterocycles. The van der Waals surface area contributed by atoms with E-state index in [4.69, 9.17) is 26.5 Å². The molecule has 0 aromatic heterocycles. The number of unbranched alkanes of at least 4 members (excludes halogenated alkanes) is 3. The summed E-state index contributed by atoms with van der Waals surface area (Å²) in [5.74, 6) is -2.80. The van der Waals surface area contributed by atoms with E-state index in [9.17, 15) is 19.2 Å². The molecular formula is C31H46N6O7. The molecule has 2 aromatic rings. The summed E-state index contributed by atoms with van der Waals surface area (Å²) in [5.41, 5.74) is 17.3. The Morgan fingerprint density at radius 2 is 1.39 bits per heavy atom. The third kappa shape index (κ3) is 15.5. The van der Waals surface area contributed by atoms with Crippen LogP contribution in [-0.2, 0) is 30.4 Å². The minimum atomic E-state index is -1.12. The number of carboxylic acid groups (broad SMARTS) is 2. The number of benzene rings is 2. The number of rotatable bonds is 23. The predicted octanol–water partition coefficient (Wildman–Crippen LogP) is 0.680. The zero-order valence-electron chi connectivity index (χ0n) is 25.2. The van der Waals surface area contributed by atoms with Gasteiger partial charge in [0.05, 0.1) is 32.3 Å². The smallest absolute Gasteiger partial charge is 0.317 e. The van der Waals surface area contributed by atoms with Gasteiger partial charge < -0.3 is 27.0 Å². The molecule has 242 valence electrons. The number of nitrogens with two attached hydrogens (primary N) is 2. The van der Waals surface area contributed by atoms with Crippen LogP contribution >= 0.6 is 0 Å². The molecule has 0 spiro atoms. The van der Waals surface area contributed by atoms with Crippen LogP contribution < -0.4 is 22.3 Å². The molecule has 0 unspecified atom stereocenters. The maximum Gasteiger partial charge on any atom is 0.317 e. The van der Waals surface area contributed by atoms with Crippen molar-refractivity contribution in [2.24, 2.45) is 11.5 Å². The first kappa shape index (κ1) is 36.3. The fourth-order valence-electron chi connectivity index (χ4n) is 4.48. The SMILES string of the molecule is NCCN(CCN(CC(=O)O)CC(=O)O)CC(=O)NCCCCCCONC(=O)[C@H](N)Cc1ccc(-c2ccccc2)cc1. The molecule has 0 bridgehead atoms. The second-order valence-corrected chi connectivity index (χ2v) is 10.5. The lowest BCUT2D eigenvalue weighted by Gasteiger charge is -2.25. The van der Waals surface area contributed by atoms with Crippen molar-refractivity contribution < 1.29 is 34.2 Å². The van der Waals surface area contributed by atoms with E-state index in [2.05, 4.69) is 10.8 Å². The Morgan fingerprint density at radius 1 is 0.773 bits per heavy atom. The van der Waals surface area contributed by atoms with Gasteiger partial charge >= 0.3 is 11.9 Å². The van der Waals surface area contributed by atoms with Gasteiger partial charge in [-0.05, 0) is 36.0 Å². The van der Waals surface area contributed by atoms with Crippen LogP contribution in [0.5, 0.6) is 0 Å². The Bertz CT molecular complexity index is 1130. The fourth-order valence-corrected chi connectivity index (χ4v) is 4.48. The Hall–Kier alpha value is -3.88. The average molecular weight is 615 g/mol. The second-order valence-electron chi connectivity index (χ2n) is 10.5. The topological polar surface area (TPSA) is 201 Å². The highest BCUT2D eigenvalue weighted by atomic mass is 16.6. The molecule has 0 heterocycles. The number of amides is 2. The van der Waals surface area contributed by atoms with Crippen molar-refractivity contribution in [1.82, 2.24) is 20.6 Å². The molecule has 44 heavy (non-hydrogen) atoms. The van der Waals surface area contributed by atoms with Gasteiger partial charge in [-0.15, -0.1) is 0 Å². The Kier molecular flexibility index (Phi) is 17.3. The number of nitrogens with zero attached hydrogens (tertiary/aromatic N) is 2. The van der Waals surface area contributed by atoms with Crippen molar-refractivity contribution in [3.63, 3.8) is 0 Å². The van der Waals surface area contributed by atoms with E-state index in [1.807, 2.05) is 54.6 Å². The molecule has 0 saturated heterocycles. The molecule has 1 atom stereocenters. The monoisotopic (exact) mass is 614 g/mol. The van der Waals surface area contributed by atoms with Crippen molar-refractivity contribution in [2.75, 3.05) is 59.0 Å². The van der Waals surface area contributed by atoms with Crippen LogP contribution in [0, 0.1) is 0 Å². The zero-order chi connectivity index (χ0) is 32.2. The maximum absolute atomic E-state index is 12.3. The molecule has 13 heteroatoms. The van der Waals surface area contributed by atoms with Crippen LogP contribution in [0.1, 0.15) is 31.2 Å². The number of carboxylic acids is 2. The van der Waals surface area contributed by atoms with E-state index in [0.717, 1.165) is 42.4 Å². The minimum Gasteiger partial charge on any atom is -0.480 e. The lowest BCUT2D eigenvalue weighted by atomic mass is 10.0. The number of hydrogen-bond acceptors (Lipinski definition) is 9. The molecule has 0 saturated carbocycles. The number of nitrogens with one attached hydrogen (secondary N) is 2. The highest BCUT2D eigenvalue weighted by Crippen LogP contribution is 2.19. The normalized spacial score (nSPS) is 11.8. The Labute approximate surface area is 258 Å². The van der Waals surface area contributed by atoms with Crippen LogP contribution in [-0.4, -0.2) is 109 Å². The van der Waals surface area contributed by atoms with Crippen LogP contribution in [0.15, 0.2) is 54.6 Å². The van der Waals surface area contributed by atoms with Gasteiger partial charge in [0.15, 0.2) is 0 Å². The van der Waals surface area contributed by atoms with Gasteiger partial charge in [0.2, 0.25) is 5.91 Å². The van der Waals surface area contributed by atoms with E-state index in [1.165, 1.54) is 4.90 Å². The third-order valence-corrected chi connectivity index (χ3v) is 6.78. The Morgan fingerprint density at radius 3 is 2.02 bits per heavy atom. The predicted molar refractivity (Wildman–Crippen MR) is 166 cm³/mol. The van der Waals surface area contributed by atoms with Gasteiger partial charge in [0.25, 0.3) is 5.91 Å². The van der Waals surface area contributed by atoms with Crippen molar-refractivity contribution >= 4 is 23.8 Å². The van der Waals surface area contributed by atoms with Crippen LogP contribution in [0.2, 0.25) is 0 Å². The molecule has 0 aliphatic rings. The molecule has 2 rings (SSSR count). The molecule has 0 aliphatic carbocycles. The van der Waals surface area contributed by atoms with Gasteiger partial charge in [-0.1, -0.05) is 67.4 Å². The summed E-state index contributed by atoms with van der Waals surface area (Å²) in [4.78, 5) is 54.9. The number of hydroxylamine groups is 1. The van der Waals surface area contributed by atoms with E-state index < -0.39 is 31.1 Å². The van der Waals surface area contributed by atoms with E-state index in [-0.39, 0.29) is 24.9 Å². The highest BCUT2D eigenvalue weighted by molar-refractivity contribution is 5.81. The lowest BCUT2D eigenvalue weighted by molar-refractivity contribution is -0.142. The van der Waals surface area contributed by atoms with E-state index >= 15 is 0 Å². The summed E-state index contributed by atoms with van der Waals surface area (Å²) < 4.78 is 0. The molecule has 2 amide bonds. The minimum absolute atomic E-state index is 0.0832. The third-order valence-electron chi connectivity index (χ3n) is 6.78. The van der Waals surface area contributed by atoms with Gasteiger partial charge in [0.1, 0.15) is 0 Å². The summed E-state index contributed by atoms with van der Waals surface area (Å²) in [6.45, 7) is 1.37. The quantitative estimate of drug-likeness (QED) is 0.0759. The number of aliphatic carboxylic acids is 2. The van der Waals surface area contributed by atoms with Crippen LogP contribution in [0.25, 0.3) is 11.1 Å². The first-order chi connectivity index (χ1) is 21.2. The summed E-state index contributed by atoms with van der Waals surface area (Å²) in [6.07, 6.45) is 3.62. The molecule has 2 aromatic carbocycles. The molecular weight excluding hydrogens is 568 g/mol. The molecule has 0 fully saturated rings. The molecule has 0 radical (unpaired) electrons. The molecule has 8 N–H and O–H groups in total. The average Bonchev–Trinajstić information content (AvgIpc) is 2.99. The number of carbonyl (C=O) groups is 4. The maximum atomic E-state index is 12.3. The standard InChI is InChI=1S/C31H46N6O7/c32-14-16-36(17-18-37(22-29(39)40)23-30(41)42)21-28(38)34-15-6-1-2-7-19-44-35-31(43)27(33)20-24-10-12-26(13-11-24)25-8-4-3-5-9-25/h3-5,8-13,27H,1-2,6-7,14-23,32-33H2,(H,34,38)(H,35,43)(H,39,40)(H,41,42)/t27-/m1/s1. The van der Waals surface area contributed by atoms with Crippen molar-refractivity contribution in [3.8, 4) is 11.1 Å². The van der Waals surface area contributed by atoms with Crippen LogP contribution in [0.3, 0.4) is 0 Å². The van der Waals surface area contributed by atoms with Crippen molar-refractivity contribution in [2.45, 2.75) is 38.1 Å². The van der Waals surface area contributed by atoms with Gasteiger partial charge in [-0.3, -0.25) is 33.8 Å². The fraction of sp³-hybridized carbons (Fsp3) is 0.484. The number of carbonyl (C=O) groups excluding carboxylic acids is 2. The Balaban J connectivity index is 1.54. The first-order valence-corrected chi connectivity index (χ1v) is 14.8. The highest BCUT2D eigenvalue weighted by Gasteiger charge is 2.17.